The first-order valence-electron chi connectivity index (χ1n) is 7.62. The summed E-state index contributed by atoms with van der Waals surface area (Å²) in [6.07, 6.45) is 8.59. The molecule has 0 saturated carbocycles. The van der Waals surface area contributed by atoms with Gasteiger partial charge >= 0.3 is 0 Å². The summed E-state index contributed by atoms with van der Waals surface area (Å²) in [6.45, 7) is 0.647. The van der Waals surface area contributed by atoms with Crippen molar-refractivity contribution >= 4 is 16.8 Å². The molecule has 0 fully saturated rings. The molecule has 0 spiro atoms. The molecule has 2 aromatic heterocycles. The highest BCUT2D eigenvalue weighted by Gasteiger charge is 2.05. The molecule has 3 aromatic rings. The van der Waals surface area contributed by atoms with Gasteiger partial charge in [0.15, 0.2) is 0 Å². The Morgan fingerprint density at radius 1 is 1.18 bits per heavy atom. The van der Waals surface area contributed by atoms with Gasteiger partial charge < -0.3 is 15.3 Å². The number of nitrogens with one attached hydrogen (secondary N) is 3. The highest BCUT2D eigenvalue weighted by molar-refractivity contribution is 5.83. The van der Waals surface area contributed by atoms with E-state index in [9.17, 15) is 4.79 Å². The number of carbonyl (C=O) groups is 1. The van der Waals surface area contributed by atoms with Crippen molar-refractivity contribution in [1.29, 1.82) is 0 Å². The van der Waals surface area contributed by atoms with Crippen molar-refractivity contribution in [2.75, 3.05) is 6.54 Å². The zero-order valence-electron chi connectivity index (χ0n) is 12.4. The first-order chi connectivity index (χ1) is 10.8. The minimum absolute atomic E-state index is 0.111. The van der Waals surface area contributed by atoms with E-state index in [4.69, 9.17) is 0 Å². The van der Waals surface area contributed by atoms with Crippen molar-refractivity contribution < 1.29 is 4.79 Å². The summed E-state index contributed by atoms with van der Waals surface area (Å²) in [5.41, 5.74) is 3.47. The van der Waals surface area contributed by atoms with Crippen LogP contribution in [0.4, 0.5) is 0 Å². The van der Waals surface area contributed by atoms with Gasteiger partial charge in [-0.2, -0.15) is 0 Å². The van der Waals surface area contributed by atoms with Crippen LogP contribution in [0.3, 0.4) is 0 Å². The van der Waals surface area contributed by atoms with Gasteiger partial charge in [0.05, 0.1) is 6.33 Å². The Morgan fingerprint density at radius 3 is 2.95 bits per heavy atom. The Morgan fingerprint density at radius 2 is 2.09 bits per heavy atom. The SMILES string of the molecule is O=C(CCCc1c[nH]c2ccccc12)NCCc1cnc[nH]1. The normalized spacial score (nSPS) is 10.9. The molecule has 2 heterocycles. The minimum atomic E-state index is 0.111. The fourth-order valence-corrected chi connectivity index (χ4v) is 2.62. The molecule has 5 heteroatoms. The molecule has 0 aliphatic rings. The Bertz CT molecular complexity index is 730. The number of aromatic nitrogens is 3. The first kappa shape index (κ1) is 14.4. The molecule has 0 saturated heterocycles. The average Bonchev–Trinajstić information content (AvgIpc) is 3.17. The maximum absolute atomic E-state index is 11.8. The van der Waals surface area contributed by atoms with Crippen LogP contribution in [0, 0.1) is 0 Å². The maximum Gasteiger partial charge on any atom is 0.220 e. The molecule has 1 aromatic carbocycles. The zero-order chi connectivity index (χ0) is 15.2. The summed E-state index contributed by atoms with van der Waals surface area (Å²) in [5.74, 6) is 0.111. The molecule has 0 radical (unpaired) electrons. The van der Waals surface area contributed by atoms with Crippen LogP contribution in [0.1, 0.15) is 24.1 Å². The second kappa shape index (κ2) is 6.93. The molecule has 5 nitrogen and oxygen atoms in total. The summed E-state index contributed by atoms with van der Waals surface area (Å²) < 4.78 is 0. The van der Waals surface area contributed by atoms with E-state index < -0.39 is 0 Å². The van der Waals surface area contributed by atoms with E-state index in [0.717, 1.165) is 30.5 Å². The van der Waals surface area contributed by atoms with E-state index in [2.05, 4.69) is 32.4 Å². The fraction of sp³-hybridized carbons (Fsp3) is 0.294. The summed E-state index contributed by atoms with van der Waals surface area (Å²) in [4.78, 5) is 22.1. The highest BCUT2D eigenvalue weighted by atomic mass is 16.1. The van der Waals surface area contributed by atoms with Gasteiger partial charge in [-0.05, 0) is 24.5 Å². The number of imidazole rings is 1. The topological polar surface area (TPSA) is 73.6 Å². The summed E-state index contributed by atoms with van der Waals surface area (Å²) in [6, 6.07) is 8.25. The molecule has 0 aliphatic heterocycles. The quantitative estimate of drug-likeness (QED) is 0.627. The number of rotatable bonds is 7. The van der Waals surface area contributed by atoms with Crippen molar-refractivity contribution in [2.24, 2.45) is 0 Å². The number of aromatic amines is 2. The minimum Gasteiger partial charge on any atom is -0.361 e. The Balaban J connectivity index is 1.40. The van der Waals surface area contributed by atoms with Crippen molar-refractivity contribution in [3.63, 3.8) is 0 Å². The van der Waals surface area contributed by atoms with Crippen LogP contribution in [0.15, 0.2) is 43.0 Å². The molecule has 22 heavy (non-hydrogen) atoms. The number of para-hydroxylation sites is 1. The number of amides is 1. The molecule has 0 aliphatic carbocycles. The third-order valence-electron chi connectivity index (χ3n) is 3.80. The number of benzene rings is 1. The van der Waals surface area contributed by atoms with E-state index in [1.807, 2.05) is 18.3 Å². The van der Waals surface area contributed by atoms with Gasteiger partial charge in [0, 0.05) is 48.4 Å². The Labute approximate surface area is 129 Å². The number of nitrogens with zero attached hydrogens (tertiary/aromatic N) is 1. The van der Waals surface area contributed by atoms with Gasteiger partial charge in [0.25, 0.3) is 0 Å². The van der Waals surface area contributed by atoms with Crippen LogP contribution >= 0.6 is 0 Å². The van der Waals surface area contributed by atoms with Crippen LogP contribution in [0.25, 0.3) is 10.9 Å². The standard InChI is InChI=1S/C17H20N4O/c22-17(19-9-8-14-11-18-12-21-14)7-3-4-13-10-20-16-6-2-1-5-15(13)16/h1-2,5-6,10-12,20H,3-4,7-9H2,(H,18,21)(H,19,22). The number of H-pyrrole nitrogens is 2. The van der Waals surface area contributed by atoms with Crippen molar-refractivity contribution in [3.8, 4) is 0 Å². The molecular formula is C17H20N4O. The van der Waals surface area contributed by atoms with E-state index in [-0.39, 0.29) is 5.91 Å². The first-order valence-corrected chi connectivity index (χ1v) is 7.62. The van der Waals surface area contributed by atoms with Gasteiger partial charge in [-0.15, -0.1) is 0 Å². The van der Waals surface area contributed by atoms with Crippen LogP contribution < -0.4 is 5.32 Å². The monoisotopic (exact) mass is 296 g/mol. The van der Waals surface area contributed by atoms with Gasteiger partial charge in [0.1, 0.15) is 0 Å². The number of fused-ring (bicyclic) bond motifs is 1. The van der Waals surface area contributed by atoms with Crippen molar-refractivity contribution in [2.45, 2.75) is 25.7 Å². The molecule has 3 rings (SSSR count). The lowest BCUT2D eigenvalue weighted by Gasteiger charge is -2.04. The molecule has 1 amide bonds. The molecular weight excluding hydrogens is 276 g/mol. The summed E-state index contributed by atoms with van der Waals surface area (Å²) in [5, 5.41) is 4.20. The maximum atomic E-state index is 11.8. The van der Waals surface area contributed by atoms with Gasteiger partial charge in [0.2, 0.25) is 5.91 Å². The lowest BCUT2D eigenvalue weighted by atomic mass is 10.1. The van der Waals surface area contributed by atoms with Crippen LogP contribution in [0.5, 0.6) is 0 Å². The van der Waals surface area contributed by atoms with E-state index in [1.54, 1.807) is 12.5 Å². The smallest absolute Gasteiger partial charge is 0.220 e. The molecule has 114 valence electrons. The van der Waals surface area contributed by atoms with Crippen LogP contribution in [-0.4, -0.2) is 27.4 Å². The third kappa shape index (κ3) is 3.55. The van der Waals surface area contributed by atoms with E-state index in [0.29, 0.717) is 13.0 Å². The Hall–Kier alpha value is -2.56. The van der Waals surface area contributed by atoms with Crippen molar-refractivity contribution in [3.05, 3.63) is 54.2 Å². The van der Waals surface area contributed by atoms with Gasteiger partial charge in [-0.1, -0.05) is 18.2 Å². The van der Waals surface area contributed by atoms with Crippen LogP contribution in [-0.2, 0) is 17.6 Å². The fourth-order valence-electron chi connectivity index (χ4n) is 2.62. The number of hydrogen-bond acceptors (Lipinski definition) is 2. The number of carbonyl (C=O) groups excluding carboxylic acids is 1. The zero-order valence-corrected chi connectivity index (χ0v) is 12.4. The molecule has 3 N–H and O–H groups in total. The molecule has 0 unspecified atom stereocenters. The second-order valence-corrected chi connectivity index (χ2v) is 5.39. The third-order valence-corrected chi connectivity index (χ3v) is 3.80. The number of hydrogen-bond donors (Lipinski definition) is 3. The molecule has 0 bridgehead atoms. The van der Waals surface area contributed by atoms with Crippen LogP contribution in [0.2, 0.25) is 0 Å². The highest BCUT2D eigenvalue weighted by Crippen LogP contribution is 2.19. The van der Waals surface area contributed by atoms with E-state index >= 15 is 0 Å². The lowest BCUT2D eigenvalue weighted by Crippen LogP contribution is -2.25. The predicted octanol–water partition coefficient (Wildman–Crippen LogP) is 2.57. The average molecular weight is 296 g/mol. The van der Waals surface area contributed by atoms with Crippen molar-refractivity contribution in [1.82, 2.24) is 20.3 Å². The summed E-state index contributed by atoms with van der Waals surface area (Å²) >= 11 is 0. The Kier molecular flexibility index (Phi) is 4.53. The van der Waals surface area contributed by atoms with E-state index in [1.165, 1.54) is 10.9 Å². The second-order valence-electron chi connectivity index (χ2n) is 5.39. The van der Waals surface area contributed by atoms with Gasteiger partial charge in [-0.25, -0.2) is 4.98 Å². The predicted molar refractivity (Wildman–Crippen MR) is 86.5 cm³/mol. The summed E-state index contributed by atoms with van der Waals surface area (Å²) in [7, 11) is 0. The largest absolute Gasteiger partial charge is 0.361 e. The number of aryl methyl sites for hydroxylation is 1. The molecule has 0 atom stereocenters. The van der Waals surface area contributed by atoms with Gasteiger partial charge in [-0.3, -0.25) is 4.79 Å². The lowest BCUT2D eigenvalue weighted by molar-refractivity contribution is -0.121.